The van der Waals surface area contributed by atoms with Gasteiger partial charge in [-0.15, -0.1) is 0 Å². The van der Waals surface area contributed by atoms with Crippen LogP contribution in [0.25, 0.3) is 10.9 Å². The van der Waals surface area contributed by atoms with E-state index in [1.807, 2.05) is 0 Å². The highest BCUT2D eigenvalue weighted by atomic mass is 19.1. The van der Waals surface area contributed by atoms with Gasteiger partial charge in [0, 0.05) is 11.9 Å². The molecule has 0 bridgehead atoms. The summed E-state index contributed by atoms with van der Waals surface area (Å²) in [5.74, 6) is 1.07. The second-order valence-corrected chi connectivity index (χ2v) is 4.49. The fourth-order valence-corrected chi connectivity index (χ4v) is 1.65. The molecule has 0 saturated heterocycles. The van der Waals surface area contributed by atoms with Gasteiger partial charge in [-0.25, -0.2) is 14.4 Å². The number of hydrogen-bond donors (Lipinski definition) is 1. The van der Waals surface area contributed by atoms with Crippen LogP contribution in [0.4, 0.5) is 10.2 Å². The number of nitrogens with zero attached hydrogens (tertiary/aromatic N) is 2. The lowest BCUT2D eigenvalue weighted by Gasteiger charge is -2.09. The van der Waals surface area contributed by atoms with E-state index in [2.05, 4.69) is 29.1 Å². The minimum absolute atomic E-state index is 0.265. The fraction of sp³-hybridized carbons (Fsp3) is 0.385. The van der Waals surface area contributed by atoms with Crippen molar-refractivity contribution in [2.24, 2.45) is 5.92 Å². The third-order valence-corrected chi connectivity index (χ3v) is 2.61. The van der Waals surface area contributed by atoms with Crippen molar-refractivity contribution in [3.8, 4) is 0 Å². The van der Waals surface area contributed by atoms with Gasteiger partial charge in [-0.2, -0.15) is 0 Å². The van der Waals surface area contributed by atoms with Crippen LogP contribution in [0.2, 0.25) is 0 Å². The molecule has 0 aliphatic rings. The fourth-order valence-electron chi connectivity index (χ4n) is 1.65. The molecule has 0 fully saturated rings. The van der Waals surface area contributed by atoms with Crippen molar-refractivity contribution >= 4 is 16.7 Å². The minimum atomic E-state index is -0.265. The Kier molecular flexibility index (Phi) is 3.52. The van der Waals surface area contributed by atoms with E-state index < -0.39 is 0 Å². The highest BCUT2D eigenvalue weighted by Crippen LogP contribution is 2.20. The highest BCUT2D eigenvalue weighted by Gasteiger charge is 2.04. The maximum Gasteiger partial charge on any atom is 0.137 e. The molecule has 0 atom stereocenters. The van der Waals surface area contributed by atoms with Gasteiger partial charge in [0.1, 0.15) is 18.0 Å². The highest BCUT2D eigenvalue weighted by molar-refractivity contribution is 5.88. The maximum atomic E-state index is 13.2. The molecule has 4 heteroatoms. The molecule has 0 spiro atoms. The van der Waals surface area contributed by atoms with Gasteiger partial charge in [-0.05, 0) is 30.5 Å². The first-order chi connectivity index (χ1) is 8.16. The van der Waals surface area contributed by atoms with Crippen LogP contribution in [0.3, 0.4) is 0 Å². The van der Waals surface area contributed by atoms with Gasteiger partial charge >= 0.3 is 0 Å². The molecule has 0 amide bonds. The van der Waals surface area contributed by atoms with E-state index in [1.54, 1.807) is 6.07 Å². The summed E-state index contributed by atoms with van der Waals surface area (Å²) in [6.07, 6.45) is 2.55. The predicted octanol–water partition coefficient (Wildman–Crippen LogP) is 3.23. The third-order valence-electron chi connectivity index (χ3n) is 2.61. The molecular formula is C13H16FN3. The Morgan fingerprint density at radius 3 is 2.88 bits per heavy atom. The molecule has 3 nitrogen and oxygen atoms in total. The normalized spacial score (nSPS) is 11.1. The number of anilines is 1. The maximum absolute atomic E-state index is 13.2. The van der Waals surface area contributed by atoms with Crippen molar-refractivity contribution in [2.75, 3.05) is 11.9 Å². The Hall–Kier alpha value is -1.71. The second kappa shape index (κ2) is 5.08. The van der Waals surface area contributed by atoms with Gasteiger partial charge in [0.25, 0.3) is 0 Å². The summed E-state index contributed by atoms with van der Waals surface area (Å²) in [7, 11) is 0. The second-order valence-electron chi connectivity index (χ2n) is 4.49. The molecular weight excluding hydrogens is 217 g/mol. The Bertz CT molecular complexity index is 511. The smallest absolute Gasteiger partial charge is 0.137 e. The van der Waals surface area contributed by atoms with Crippen LogP contribution in [-0.4, -0.2) is 16.5 Å². The zero-order chi connectivity index (χ0) is 12.3. The number of aromatic nitrogens is 2. The predicted molar refractivity (Wildman–Crippen MR) is 67.4 cm³/mol. The lowest BCUT2D eigenvalue weighted by molar-refractivity contribution is 0.606. The summed E-state index contributed by atoms with van der Waals surface area (Å²) in [6.45, 7) is 5.17. The van der Waals surface area contributed by atoms with Gasteiger partial charge in [0.2, 0.25) is 0 Å². The van der Waals surface area contributed by atoms with Gasteiger partial charge in [-0.1, -0.05) is 13.8 Å². The summed E-state index contributed by atoms with van der Waals surface area (Å²) in [5.41, 5.74) is 0.758. The first kappa shape index (κ1) is 11.8. The van der Waals surface area contributed by atoms with Crippen molar-refractivity contribution in [1.29, 1.82) is 0 Å². The quantitative estimate of drug-likeness (QED) is 0.881. The first-order valence-corrected chi connectivity index (χ1v) is 5.81. The van der Waals surface area contributed by atoms with E-state index in [0.29, 0.717) is 11.7 Å². The summed E-state index contributed by atoms with van der Waals surface area (Å²) in [4.78, 5) is 8.26. The van der Waals surface area contributed by atoms with Gasteiger partial charge in [0.05, 0.1) is 5.52 Å². The van der Waals surface area contributed by atoms with Crippen molar-refractivity contribution in [1.82, 2.24) is 9.97 Å². The van der Waals surface area contributed by atoms with Crippen molar-refractivity contribution in [3.63, 3.8) is 0 Å². The zero-order valence-corrected chi connectivity index (χ0v) is 10.1. The van der Waals surface area contributed by atoms with Gasteiger partial charge < -0.3 is 5.32 Å². The molecule has 2 rings (SSSR count). The Labute approximate surface area is 100 Å². The number of fused-ring (bicyclic) bond motifs is 1. The molecule has 1 aromatic carbocycles. The summed E-state index contributed by atoms with van der Waals surface area (Å²) < 4.78 is 13.2. The lowest BCUT2D eigenvalue weighted by Crippen LogP contribution is -2.06. The van der Waals surface area contributed by atoms with Crippen LogP contribution >= 0.6 is 0 Å². The number of hydrogen-bond acceptors (Lipinski definition) is 3. The Morgan fingerprint density at radius 1 is 1.29 bits per heavy atom. The zero-order valence-electron chi connectivity index (χ0n) is 10.1. The van der Waals surface area contributed by atoms with Crippen molar-refractivity contribution in [2.45, 2.75) is 20.3 Å². The van der Waals surface area contributed by atoms with Crippen LogP contribution in [0.1, 0.15) is 20.3 Å². The van der Waals surface area contributed by atoms with Gasteiger partial charge in [-0.3, -0.25) is 0 Å². The average molecular weight is 233 g/mol. The van der Waals surface area contributed by atoms with Crippen LogP contribution in [0, 0.1) is 11.7 Å². The van der Waals surface area contributed by atoms with E-state index in [1.165, 1.54) is 18.5 Å². The first-order valence-electron chi connectivity index (χ1n) is 5.81. The number of benzene rings is 1. The molecule has 0 unspecified atom stereocenters. The van der Waals surface area contributed by atoms with Crippen LogP contribution in [-0.2, 0) is 0 Å². The van der Waals surface area contributed by atoms with Crippen LogP contribution in [0.5, 0.6) is 0 Å². The number of rotatable bonds is 4. The monoisotopic (exact) mass is 233 g/mol. The van der Waals surface area contributed by atoms with Crippen LogP contribution in [0.15, 0.2) is 24.5 Å². The van der Waals surface area contributed by atoms with E-state index in [9.17, 15) is 4.39 Å². The van der Waals surface area contributed by atoms with E-state index in [-0.39, 0.29) is 5.82 Å². The molecule has 1 heterocycles. The molecule has 0 aliphatic carbocycles. The summed E-state index contributed by atoms with van der Waals surface area (Å²) >= 11 is 0. The lowest BCUT2D eigenvalue weighted by atomic mass is 10.1. The van der Waals surface area contributed by atoms with E-state index in [4.69, 9.17) is 0 Å². The van der Waals surface area contributed by atoms with Crippen LogP contribution < -0.4 is 5.32 Å². The molecule has 90 valence electrons. The number of halogens is 1. The van der Waals surface area contributed by atoms with Crippen molar-refractivity contribution < 1.29 is 4.39 Å². The molecule has 1 N–H and O–H groups in total. The van der Waals surface area contributed by atoms with Gasteiger partial charge in [0.15, 0.2) is 0 Å². The van der Waals surface area contributed by atoms with Crippen molar-refractivity contribution in [3.05, 3.63) is 30.3 Å². The Morgan fingerprint density at radius 2 is 2.12 bits per heavy atom. The summed E-state index contributed by atoms with van der Waals surface area (Å²) in [6, 6.07) is 4.54. The minimum Gasteiger partial charge on any atom is -0.369 e. The largest absolute Gasteiger partial charge is 0.369 e. The van der Waals surface area contributed by atoms with E-state index >= 15 is 0 Å². The number of nitrogens with one attached hydrogen (secondary N) is 1. The Balaban J connectivity index is 2.24. The molecule has 0 radical (unpaired) electrons. The molecule has 1 aromatic heterocycles. The SMILES string of the molecule is CC(C)CCNc1ncnc2ccc(F)cc12. The van der Waals surface area contributed by atoms with E-state index in [0.717, 1.165) is 23.9 Å². The molecule has 17 heavy (non-hydrogen) atoms. The topological polar surface area (TPSA) is 37.8 Å². The molecule has 0 aliphatic heterocycles. The third kappa shape index (κ3) is 2.90. The molecule has 0 saturated carbocycles. The summed E-state index contributed by atoms with van der Waals surface area (Å²) in [5, 5.41) is 3.96. The standard InChI is InChI=1S/C13H16FN3/c1-9(2)5-6-15-13-11-7-10(14)3-4-12(11)16-8-17-13/h3-4,7-9H,5-6H2,1-2H3,(H,15,16,17). The average Bonchev–Trinajstić information content (AvgIpc) is 2.29. The molecule has 2 aromatic rings.